The Hall–Kier alpha value is -3.15. The summed E-state index contributed by atoms with van der Waals surface area (Å²) in [6, 6.07) is -1.30. The molecule has 0 aromatic carbocycles. The summed E-state index contributed by atoms with van der Waals surface area (Å²) in [5, 5.41) is 2.44. The van der Waals surface area contributed by atoms with Gasteiger partial charge in [0.15, 0.2) is 5.54 Å². The lowest BCUT2D eigenvalue weighted by Gasteiger charge is -2.57. The predicted octanol–water partition coefficient (Wildman–Crippen LogP) is 0.509. The van der Waals surface area contributed by atoms with Gasteiger partial charge in [0.05, 0.1) is 13.2 Å². The molecule has 0 aromatic rings. The standard InChI is InChI=1S/C25H34N6O6/c26-18(27)17-19(32)29(11-14-3-1-2-4-14)23(36)30(20(17)33)15-5-7-24(8-6-15)9-16(10-24)31-22(35)28-21(34)25(31)12-37-13-25/h14-16H,1-13,26-27H2,(H,28,34,35). The molecular formula is C25H34N6O6. The topological polar surface area (TPSA) is 168 Å². The van der Waals surface area contributed by atoms with Crippen LogP contribution >= 0.6 is 0 Å². The van der Waals surface area contributed by atoms with E-state index in [1.54, 1.807) is 4.90 Å². The van der Waals surface area contributed by atoms with Gasteiger partial charge in [-0.2, -0.15) is 0 Å². The average molecular weight is 515 g/mol. The highest BCUT2D eigenvalue weighted by molar-refractivity contribution is 6.29. The first-order valence-electron chi connectivity index (χ1n) is 13.3. The number of amides is 7. The summed E-state index contributed by atoms with van der Waals surface area (Å²) in [5.41, 5.74) is 10.3. The Kier molecular flexibility index (Phi) is 5.52. The second kappa shape index (κ2) is 8.44. The molecule has 3 saturated carbocycles. The fraction of sp³-hybridized carbons (Fsp3) is 0.720. The van der Waals surface area contributed by atoms with Gasteiger partial charge in [-0.05, 0) is 62.7 Å². The molecule has 200 valence electrons. The van der Waals surface area contributed by atoms with E-state index in [0.29, 0.717) is 12.8 Å². The zero-order chi connectivity index (χ0) is 26.1. The largest absolute Gasteiger partial charge is 0.385 e. The van der Waals surface area contributed by atoms with Crippen LogP contribution in [0.25, 0.3) is 0 Å². The zero-order valence-electron chi connectivity index (χ0n) is 20.9. The molecule has 5 N–H and O–H groups in total. The molecule has 2 spiro atoms. The highest BCUT2D eigenvalue weighted by Crippen LogP contribution is 2.56. The van der Waals surface area contributed by atoms with Crippen molar-refractivity contribution in [1.82, 2.24) is 20.0 Å². The monoisotopic (exact) mass is 514 g/mol. The van der Waals surface area contributed by atoms with Crippen molar-refractivity contribution >= 4 is 29.8 Å². The third kappa shape index (κ3) is 3.55. The van der Waals surface area contributed by atoms with Gasteiger partial charge in [-0.1, -0.05) is 12.8 Å². The lowest BCUT2D eigenvalue weighted by Crippen LogP contribution is -2.69. The second-order valence-electron chi connectivity index (χ2n) is 11.8. The number of hydrogen-bond acceptors (Lipinski definition) is 8. The maximum absolute atomic E-state index is 13.5. The second-order valence-corrected chi connectivity index (χ2v) is 11.8. The molecule has 6 rings (SSSR count). The number of nitrogens with one attached hydrogen (secondary N) is 1. The van der Waals surface area contributed by atoms with Gasteiger partial charge in [0.1, 0.15) is 11.4 Å². The maximum atomic E-state index is 13.5. The Morgan fingerprint density at radius 2 is 1.57 bits per heavy atom. The van der Waals surface area contributed by atoms with Gasteiger partial charge in [0, 0.05) is 18.6 Å². The summed E-state index contributed by atoms with van der Waals surface area (Å²) >= 11 is 0. The SMILES string of the molecule is NC(N)=C1C(=O)N(CC2CCCC2)C(=O)N(C2CCC3(CC2)CC(N2C(=O)NC(=O)C24COC4)C3)C1=O. The molecular weight excluding hydrogens is 480 g/mol. The van der Waals surface area contributed by atoms with E-state index in [4.69, 9.17) is 16.2 Å². The number of urea groups is 2. The lowest BCUT2D eigenvalue weighted by molar-refractivity contribution is -0.167. The van der Waals surface area contributed by atoms with Crippen LogP contribution in [-0.4, -0.2) is 81.9 Å². The molecule has 37 heavy (non-hydrogen) atoms. The fourth-order valence-corrected chi connectivity index (χ4v) is 7.49. The van der Waals surface area contributed by atoms with Gasteiger partial charge in [-0.15, -0.1) is 0 Å². The molecule has 0 unspecified atom stereocenters. The van der Waals surface area contributed by atoms with E-state index in [1.807, 2.05) is 0 Å². The quantitative estimate of drug-likeness (QED) is 0.277. The van der Waals surface area contributed by atoms with Crippen molar-refractivity contribution in [1.29, 1.82) is 0 Å². The molecule has 0 radical (unpaired) electrons. The number of nitrogens with two attached hydrogens (primary N) is 2. The third-order valence-corrected chi connectivity index (χ3v) is 9.62. The van der Waals surface area contributed by atoms with Crippen molar-refractivity contribution < 1.29 is 28.7 Å². The predicted molar refractivity (Wildman–Crippen MR) is 128 cm³/mol. The minimum atomic E-state index is -0.868. The fourth-order valence-electron chi connectivity index (χ4n) is 7.49. The first-order valence-corrected chi connectivity index (χ1v) is 13.3. The molecule has 0 atom stereocenters. The number of carbonyl (C=O) groups excluding carboxylic acids is 5. The minimum Gasteiger partial charge on any atom is -0.385 e. The summed E-state index contributed by atoms with van der Waals surface area (Å²) < 4.78 is 5.28. The van der Waals surface area contributed by atoms with Crippen molar-refractivity contribution in [3.8, 4) is 0 Å². The number of rotatable bonds is 4. The number of nitrogens with zero attached hydrogens (tertiary/aromatic N) is 3. The van der Waals surface area contributed by atoms with Crippen LogP contribution in [0.15, 0.2) is 11.4 Å². The van der Waals surface area contributed by atoms with Crippen molar-refractivity contribution in [3.63, 3.8) is 0 Å². The van der Waals surface area contributed by atoms with Gasteiger partial charge in [0.2, 0.25) is 0 Å². The number of ether oxygens (including phenoxy) is 1. The normalized spacial score (nSPS) is 33.9. The van der Waals surface area contributed by atoms with Crippen molar-refractivity contribution in [2.45, 2.75) is 81.8 Å². The molecule has 3 aliphatic heterocycles. The van der Waals surface area contributed by atoms with Crippen LogP contribution in [0.1, 0.15) is 64.2 Å². The Labute approximate surface area is 214 Å². The summed E-state index contributed by atoms with van der Waals surface area (Å²) in [5.74, 6) is -1.81. The maximum Gasteiger partial charge on any atom is 0.334 e. The zero-order valence-corrected chi connectivity index (χ0v) is 20.9. The first kappa shape index (κ1) is 24.2. The molecule has 6 aliphatic rings. The van der Waals surface area contributed by atoms with Crippen molar-refractivity contribution in [3.05, 3.63) is 11.4 Å². The van der Waals surface area contributed by atoms with Crippen LogP contribution in [0, 0.1) is 11.3 Å². The van der Waals surface area contributed by atoms with E-state index in [0.717, 1.165) is 51.4 Å². The average Bonchev–Trinajstić information content (AvgIpc) is 3.40. The Morgan fingerprint density at radius 3 is 2.14 bits per heavy atom. The van der Waals surface area contributed by atoms with E-state index >= 15 is 0 Å². The van der Waals surface area contributed by atoms with E-state index in [1.165, 1.54) is 9.80 Å². The van der Waals surface area contributed by atoms with Crippen LogP contribution in [-0.2, 0) is 19.1 Å². The molecule has 7 amide bonds. The third-order valence-electron chi connectivity index (χ3n) is 9.62. The molecule has 0 aromatic heterocycles. The van der Waals surface area contributed by atoms with Crippen LogP contribution in [0.2, 0.25) is 0 Å². The van der Waals surface area contributed by atoms with Gasteiger partial charge in [-0.3, -0.25) is 29.5 Å². The molecule has 12 heteroatoms. The summed E-state index contributed by atoms with van der Waals surface area (Å²) in [6.45, 7) is 0.732. The number of barbiturate groups is 1. The Morgan fingerprint density at radius 1 is 0.919 bits per heavy atom. The lowest BCUT2D eigenvalue weighted by atomic mass is 9.57. The van der Waals surface area contributed by atoms with E-state index in [9.17, 15) is 24.0 Å². The van der Waals surface area contributed by atoms with E-state index in [-0.39, 0.29) is 66.5 Å². The van der Waals surface area contributed by atoms with Gasteiger partial charge in [0.25, 0.3) is 17.7 Å². The minimum absolute atomic E-state index is 0.00563. The molecule has 12 nitrogen and oxygen atoms in total. The Balaban J connectivity index is 1.14. The summed E-state index contributed by atoms with van der Waals surface area (Å²) in [6.07, 6.45) is 8.36. The summed E-state index contributed by atoms with van der Waals surface area (Å²) in [7, 11) is 0. The molecule has 3 heterocycles. The van der Waals surface area contributed by atoms with E-state index < -0.39 is 23.4 Å². The number of imide groups is 3. The molecule has 0 bridgehead atoms. The van der Waals surface area contributed by atoms with Crippen LogP contribution in [0.3, 0.4) is 0 Å². The van der Waals surface area contributed by atoms with Crippen LogP contribution in [0.4, 0.5) is 9.59 Å². The van der Waals surface area contributed by atoms with Crippen molar-refractivity contribution in [2.24, 2.45) is 22.8 Å². The first-order chi connectivity index (χ1) is 17.7. The van der Waals surface area contributed by atoms with E-state index in [2.05, 4.69) is 5.32 Å². The van der Waals surface area contributed by atoms with Crippen LogP contribution in [0.5, 0.6) is 0 Å². The number of hydrogen-bond donors (Lipinski definition) is 3. The van der Waals surface area contributed by atoms with Crippen molar-refractivity contribution in [2.75, 3.05) is 19.8 Å². The molecule has 6 fully saturated rings. The van der Waals surface area contributed by atoms with Crippen LogP contribution < -0.4 is 16.8 Å². The smallest absolute Gasteiger partial charge is 0.334 e. The number of carbonyl (C=O) groups is 5. The molecule has 3 aliphatic carbocycles. The van der Waals surface area contributed by atoms with Gasteiger partial charge in [-0.25, -0.2) is 9.59 Å². The highest BCUT2D eigenvalue weighted by Gasteiger charge is 2.63. The summed E-state index contributed by atoms with van der Waals surface area (Å²) in [4.78, 5) is 68.7. The van der Waals surface area contributed by atoms with Gasteiger partial charge >= 0.3 is 12.1 Å². The Bertz CT molecular complexity index is 1090. The molecule has 3 saturated heterocycles. The highest BCUT2D eigenvalue weighted by atomic mass is 16.5. The van der Waals surface area contributed by atoms with Gasteiger partial charge < -0.3 is 21.1 Å².